The quantitative estimate of drug-likeness (QED) is 0.860. The van der Waals surface area contributed by atoms with E-state index in [9.17, 15) is 4.79 Å². The molecule has 1 saturated heterocycles. The van der Waals surface area contributed by atoms with Crippen LogP contribution in [0.3, 0.4) is 0 Å². The van der Waals surface area contributed by atoms with Crippen molar-refractivity contribution in [3.05, 3.63) is 17.0 Å². The van der Waals surface area contributed by atoms with Gasteiger partial charge in [0.05, 0.1) is 5.92 Å². The molecule has 1 atom stereocenters. The van der Waals surface area contributed by atoms with Gasteiger partial charge in [0.1, 0.15) is 16.8 Å². The maximum atomic E-state index is 11.3. The molecule has 1 aliphatic rings. The van der Waals surface area contributed by atoms with E-state index in [-0.39, 0.29) is 17.7 Å². The van der Waals surface area contributed by atoms with E-state index in [1.54, 1.807) is 6.07 Å². The number of halogens is 1. The number of amides is 1. The van der Waals surface area contributed by atoms with Crippen molar-refractivity contribution in [3.8, 4) is 0 Å². The number of aromatic nitrogens is 2. The predicted molar refractivity (Wildman–Crippen MR) is 75.3 cm³/mol. The summed E-state index contributed by atoms with van der Waals surface area (Å²) in [7, 11) is 0. The Hall–Kier alpha value is -1.36. The summed E-state index contributed by atoms with van der Waals surface area (Å²) in [6, 6.07) is 1.75. The van der Waals surface area contributed by atoms with Gasteiger partial charge in [-0.05, 0) is 12.8 Å². The van der Waals surface area contributed by atoms with Crippen LogP contribution in [0.5, 0.6) is 0 Å². The normalized spacial score (nSPS) is 19.8. The molecule has 0 aliphatic carbocycles. The van der Waals surface area contributed by atoms with Gasteiger partial charge < -0.3 is 10.6 Å². The lowest BCUT2D eigenvalue weighted by atomic mass is 9.97. The van der Waals surface area contributed by atoms with Crippen LogP contribution in [-0.2, 0) is 4.79 Å². The first kappa shape index (κ1) is 14.1. The average molecular weight is 283 g/mol. The van der Waals surface area contributed by atoms with E-state index in [0.29, 0.717) is 11.7 Å². The Balaban J connectivity index is 2.23. The third kappa shape index (κ3) is 3.35. The Morgan fingerprint density at radius 2 is 2.26 bits per heavy atom. The minimum absolute atomic E-state index is 0.106. The molecule has 1 aromatic heterocycles. The van der Waals surface area contributed by atoms with Crippen LogP contribution in [-0.4, -0.2) is 29.0 Å². The zero-order valence-electron chi connectivity index (χ0n) is 11.3. The maximum absolute atomic E-state index is 11.3. The Morgan fingerprint density at radius 1 is 1.53 bits per heavy atom. The smallest absolute Gasteiger partial charge is 0.222 e. The first-order valence-corrected chi connectivity index (χ1v) is 6.94. The van der Waals surface area contributed by atoms with Gasteiger partial charge in [0, 0.05) is 25.1 Å². The van der Waals surface area contributed by atoms with E-state index in [1.165, 1.54) is 0 Å². The molecule has 0 saturated carbocycles. The number of anilines is 1. The van der Waals surface area contributed by atoms with Gasteiger partial charge >= 0.3 is 0 Å². The van der Waals surface area contributed by atoms with Gasteiger partial charge in [-0.3, -0.25) is 4.79 Å². The zero-order chi connectivity index (χ0) is 14.0. The lowest BCUT2D eigenvalue weighted by molar-refractivity contribution is -0.122. The summed E-state index contributed by atoms with van der Waals surface area (Å²) in [6.45, 7) is 5.53. The van der Waals surface area contributed by atoms with Crippen LogP contribution < -0.4 is 10.6 Å². The van der Waals surface area contributed by atoms with Gasteiger partial charge in [-0.25, -0.2) is 9.97 Å². The molecule has 2 rings (SSSR count). The fourth-order valence-electron chi connectivity index (χ4n) is 2.26. The first-order chi connectivity index (χ1) is 8.97. The monoisotopic (exact) mass is 282 g/mol. The summed E-state index contributed by atoms with van der Waals surface area (Å²) in [4.78, 5) is 22.1. The molecule has 0 bridgehead atoms. The van der Waals surface area contributed by atoms with E-state index >= 15 is 0 Å². The van der Waals surface area contributed by atoms with Crippen LogP contribution in [0.1, 0.15) is 38.4 Å². The number of hydrogen-bond donors (Lipinski definition) is 1. The molecule has 104 valence electrons. The highest BCUT2D eigenvalue weighted by molar-refractivity contribution is 6.29. The molecule has 0 radical (unpaired) electrons. The largest absolute Gasteiger partial charge is 0.369 e. The molecule has 1 amide bonds. The van der Waals surface area contributed by atoms with Crippen molar-refractivity contribution < 1.29 is 4.79 Å². The molecular weight excluding hydrogens is 264 g/mol. The molecule has 5 nitrogen and oxygen atoms in total. The number of carbonyl (C=O) groups excluding carboxylic acids is 1. The van der Waals surface area contributed by atoms with Crippen LogP contribution in [0.2, 0.25) is 5.15 Å². The summed E-state index contributed by atoms with van der Waals surface area (Å²) >= 11 is 6.04. The first-order valence-electron chi connectivity index (χ1n) is 6.56. The molecule has 0 spiro atoms. The van der Waals surface area contributed by atoms with Gasteiger partial charge in [-0.1, -0.05) is 25.4 Å². The van der Waals surface area contributed by atoms with Crippen molar-refractivity contribution in [1.29, 1.82) is 0 Å². The van der Waals surface area contributed by atoms with Crippen molar-refractivity contribution >= 4 is 23.3 Å². The minimum Gasteiger partial charge on any atom is -0.369 e. The maximum Gasteiger partial charge on any atom is 0.222 e. The SMILES string of the molecule is CC(C)c1nc(Cl)cc(N2CCCC(C(N)=O)C2)n1. The summed E-state index contributed by atoms with van der Waals surface area (Å²) < 4.78 is 0. The summed E-state index contributed by atoms with van der Waals surface area (Å²) in [5, 5.41) is 0.440. The van der Waals surface area contributed by atoms with Crippen LogP contribution in [0.15, 0.2) is 6.07 Å². The van der Waals surface area contributed by atoms with Crippen molar-refractivity contribution in [1.82, 2.24) is 9.97 Å². The van der Waals surface area contributed by atoms with Crippen molar-refractivity contribution in [2.75, 3.05) is 18.0 Å². The van der Waals surface area contributed by atoms with Gasteiger partial charge in [-0.2, -0.15) is 0 Å². The van der Waals surface area contributed by atoms with Crippen LogP contribution in [0.25, 0.3) is 0 Å². The van der Waals surface area contributed by atoms with Gasteiger partial charge in [0.25, 0.3) is 0 Å². The topological polar surface area (TPSA) is 72.1 Å². The lowest BCUT2D eigenvalue weighted by Gasteiger charge is -2.32. The fourth-order valence-corrected chi connectivity index (χ4v) is 2.44. The third-order valence-electron chi connectivity index (χ3n) is 3.36. The molecule has 1 fully saturated rings. The van der Waals surface area contributed by atoms with Gasteiger partial charge in [-0.15, -0.1) is 0 Å². The number of nitrogens with zero attached hydrogens (tertiary/aromatic N) is 3. The number of nitrogens with two attached hydrogens (primary N) is 1. The van der Waals surface area contributed by atoms with E-state index in [4.69, 9.17) is 17.3 Å². The Morgan fingerprint density at radius 3 is 2.89 bits per heavy atom. The average Bonchev–Trinajstić information content (AvgIpc) is 2.38. The second-order valence-electron chi connectivity index (χ2n) is 5.25. The van der Waals surface area contributed by atoms with Crippen LogP contribution >= 0.6 is 11.6 Å². The standard InChI is InChI=1S/C13H19ClN4O/c1-8(2)13-16-10(14)6-11(17-13)18-5-3-4-9(7-18)12(15)19/h6,8-9H,3-5,7H2,1-2H3,(H2,15,19). The highest BCUT2D eigenvalue weighted by atomic mass is 35.5. The molecule has 0 aromatic carbocycles. The van der Waals surface area contributed by atoms with Gasteiger partial charge in [0.2, 0.25) is 5.91 Å². The second kappa shape index (κ2) is 5.74. The van der Waals surface area contributed by atoms with E-state index in [2.05, 4.69) is 14.9 Å². The van der Waals surface area contributed by atoms with E-state index in [0.717, 1.165) is 31.0 Å². The Labute approximate surface area is 118 Å². The molecular formula is C13H19ClN4O. The molecule has 1 unspecified atom stereocenters. The van der Waals surface area contributed by atoms with Crippen LogP contribution in [0, 0.1) is 5.92 Å². The number of piperidine rings is 1. The van der Waals surface area contributed by atoms with Crippen LogP contribution in [0.4, 0.5) is 5.82 Å². The highest BCUT2D eigenvalue weighted by Gasteiger charge is 2.25. The summed E-state index contributed by atoms with van der Waals surface area (Å²) in [5.41, 5.74) is 5.39. The van der Waals surface area contributed by atoms with Crippen molar-refractivity contribution in [2.45, 2.75) is 32.6 Å². The number of rotatable bonds is 3. The molecule has 2 N–H and O–H groups in total. The predicted octanol–water partition coefficient (Wildman–Crippen LogP) is 1.96. The van der Waals surface area contributed by atoms with E-state index in [1.807, 2.05) is 13.8 Å². The number of primary amides is 1. The number of carbonyl (C=O) groups is 1. The van der Waals surface area contributed by atoms with Crippen molar-refractivity contribution in [3.63, 3.8) is 0 Å². The van der Waals surface area contributed by atoms with Gasteiger partial charge in [0.15, 0.2) is 0 Å². The molecule has 2 heterocycles. The Bertz CT molecular complexity index is 478. The van der Waals surface area contributed by atoms with E-state index < -0.39 is 0 Å². The Kier molecular flexibility index (Phi) is 4.24. The minimum atomic E-state index is -0.242. The fraction of sp³-hybridized carbons (Fsp3) is 0.615. The molecule has 19 heavy (non-hydrogen) atoms. The molecule has 6 heteroatoms. The summed E-state index contributed by atoms with van der Waals surface area (Å²) in [6.07, 6.45) is 1.79. The summed E-state index contributed by atoms with van der Waals surface area (Å²) in [5.74, 6) is 1.38. The lowest BCUT2D eigenvalue weighted by Crippen LogP contribution is -2.41. The molecule has 1 aromatic rings. The highest BCUT2D eigenvalue weighted by Crippen LogP contribution is 2.24. The van der Waals surface area contributed by atoms with Crippen molar-refractivity contribution in [2.24, 2.45) is 11.7 Å². The second-order valence-corrected chi connectivity index (χ2v) is 5.64. The third-order valence-corrected chi connectivity index (χ3v) is 3.56. The molecule has 1 aliphatic heterocycles. The number of hydrogen-bond acceptors (Lipinski definition) is 4. The zero-order valence-corrected chi connectivity index (χ0v) is 12.0.